The van der Waals surface area contributed by atoms with Crippen molar-refractivity contribution in [2.45, 2.75) is 37.8 Å². The second kappa shape index (κ2) is 9.01. The number of primary amides is 1. The number of hydrogen-bond donors (Lipinski definition) is 2. The zero-order valence-electron chi connectivity index (χ0n) is 18.2. The maximum atomic E-state index is 12.2. The SMILES string of the molecule is [C-]#[N+]CC1(n2cc(C(N)=O)c(NC(=O)C3CC3)n2)CCN(Cc2ccccc2OC)CC1. The highest BCUT2D eigenvalue weighted by atomic mass is 16.5. The molecule has 1 saturated heterocycles. The summed E-state index contributed by atoms with van der Waals surface area (Å²) in [5.41, 5.74) is 6.30. The van der Waals surface area contributed by atoms with Gasteiger partial charge in [0.2, 0.25) is 12.5 Å². The molecule has 0 radical (unpaired) electrons. The van der Waals surface area contributed by atoms with Crippen LogP contribution in [-0.4, -0.2) is 53.2 Å². The topological polar surface area (TPSA) is 107 Å². The number of para-hydroxylation sites is 1. The van der Waals surface area contributed by atoms with Crippen molar-refractivity contribution in [3.05, 3.63) is 53.0 Å². The van der Waals surface area contributed by atoms with E-state index in [-0.39, 0.29) is 29.8 Å². The number of amides is 2. The third kappa shape index (κ3) is 4.46. The highest BCUT2D eigenvalue weighted by molar-refractivity contribution is 6.02. The Bertz CT molecular complexity index is 1040. The lowest BCUT2D eigenvalue weighted by Crippen LogP contribution is -2.48. The molecule has 1 aliphatic carbocycles. The molecule has 2 aromatic rings. The number of carbonyl (C=O) groups excluding carboxylic acids is 2. The predicted molar refractivity (Wildman–Crippen MR) is 119 cm³/mol. The zero-order valence-corrected chi connectivity index (χ0v) is 18.2. The van der Waals surface area contributed by atoms with Crippen LogP contribution in [-0.2, 0) is 16.9 Å². The lowest BCUT2D eigenvalue weighted by atomic mass is 9.87. The summed E-state index contributed by atoms with van der Waals surface area (Å²) in [6, 6.07) is 7.96. The quantitative estimate of drug-likeness (QED) is 0.618. The Balaban J connectivity index is 1.53. The van der Waals surface area contributed by atoms with Crippen molar-refractivity contribution in [3.8, 4) is 5.75 Å². The summed E-state index contributed by atoms with van der Waals surface area (Å²) in [6.07, 6.45) is 4.68. The monoisotopic (exact) mass is 436 g/mol. The summed E-state index contributed by atoms with van der Waals surface area (Å²) in [7, 11) is 1.67. The number of anilines is 1. The molecule has 3 N–H and O–H groups in total. The van der Waals surface area contributed by atoms with Crippen LogP contribution in [0.2, 0.25) is 0 Å². The Morgan fingerprint density at radius 3 is 2.66 bits per heavy atom. The molecule has 0 spiro atoms. The van der Waals surface area contributed by atoms with Gasteiger partial charge in [-0.1, -0.05) is 18.2 Å². The lowest BCUT2D eigenvalue weighted by molar-refractivity contribution is -0.117. The van der Waals surface area contributed by atoms with Gasteiger partial charge >= 0.3 is 0 Å². The second-order valence-electron chi connectivity index (χ2n) is 8.59. The Kier molecular flexibility index (Phi) is 6.15. The van der Waals surface area contributed by atoms with Crippen LogP contribution in [0, 0.1) is 12.5 Å². The van der Waals surface area contributed by atoms with Gasteiger partial charge in [-0.05, 0) is 31.7 Å². The largest absolute Gasteiger partial charge is 0.496 e. The Hall–Kier alpha value is -3.38. The maximum Gasteiger partial charge on any atom is 0.254 e. The number of hydrogen-bond acceptors (Lipinski definition) is 5. The summed E-state index contributed by atoms with van der Waals surface area (Å²) in [4.78, 5) is 30.2. The van der Waals surface area contributed by atoms with E-state index in [1.165, 1.54) is 0 Å². The molecule has 9 heteroatoms. The number of nitrogens with two attached hydrogens (primary N) is 1. The fourth-order valence-electron chi connectivity index (χ4n) is 4.26. The molecule has 4 rings (SSSR count). The first kappa shape index (κ1) is 21.8. The van der Waals surface area contributed by atoms with Gasteiger partial charge in [-0.25, -0.2) is 6.57 Å². The van der Waals surface area contributed by atoms with Gasteiger partial charge in [0, 0.05) is 37.3 Å². The van der Waals surface area contributed by atoms with Gasteiger partial charge in [0.25, 0.3) is 5.91 Å². The van der Waals surface area contributed by atoms with Crippen LogP contribution in [0.1, 0.15) is 41.6 Å². The minimum absolute atomic E-state index is 0.0173. The van der Waals surface area contributed by atoms with Crippen LogP contribution in [0.5, 0.6) is 5.75 Å². The number of rotatable bonds is 8. The van der Waals surface area contributed by atoms with Crippen molar-refractivity contribution in [2.24, 2.45) is 11.7 Å². The number of benzene rings is 1. The van der Waals surface area contributed by atoms with Gasteiger partial charge in [0.1, 0.15) is 16.9 Å². The molecule has 2 fully saturated rings. The highest BCUT2D eigenvalue weighted by Crippen LogP contribution is 2.34. The molecule has 32 heavy (non-hydrogen) atoms. The number of nitrogens with zero attached hydrogens (tertiary/aromatic N) is 4. The van der Waals surface area contributed by atoms with Crippen LogP contribution in [0.25, 0.3) is 4.85 Å². The Labute approximate surface area is 187 Å². The van der Waals surface area contributed by atoms with Gasteiger partial charge < -0.3 is 20.6 Å². The van der Waals surface area contributed by atoms with Crippen molar-refractivity contribution in [2.75, 3.05) is 32.1 Å². The molecule has 0 atom stereocenters. The normalized spacial score (nSPS) is 18.0. The minimum atomic E-state index is -0.645. The highest BCUT2D eigenvalue weighted by Gasteiger charge is 2.41. The summed E-state index contributed by atoms with van der Waals surface area (Å²) < 4.78 is 7.16. The average molecular weight is 437 g/mol. The van der Waals surface area contributed by atoms with E-state index in [1.807, 2.05) is 18.2 Å². The van der Waals surface area contributed by atoms with E-state index < -0.39 is 11.4 Å². The van der Waals surface area contributed by atoms with E-state index >= 15 is 0 Å². The lowest BCUT2D eigenvalue weighted by Gasteiger charge is -2.39. The van der Waals surface area contributed by atoms with Gasteiger partial charge in [0.05, 0.1) is 7.11 Å². The summed E-state index contributed by atoms with van der Waals surface area (Å²) >= 11 is 0. The smallest absolute Gasteiger partial charge is 0.254 e. The van der Waals surface area contributed by atoms with Crippen LogP contribution in [0.4, 0.5) is 5.82 Å². The van der Waals surface area contributed by atoms with Crippen molar-refractivity contribution in [1.82, 2.24) is 14.7 Å². The number of ether oxygens (including phenoxy) is 1. The van der Waals surface area contributed by atoms with Crippen LogP contribution in [0.3, 0.4) is 0 Å². The number of piperidine rings is 1. The molecule has 1 aromatic heterocycles. The van der Waals surface area contributed by atoms with Gasteiger partial charge in [-0.3, -0.25) is 19.2 Å². The Morgan fingerprint density at radius 2 is 2.03 bits per heavy atom. The third-order valence-electron chi connectivity index (χ3n) is 6.40. The standard InChI is InChI=1S/C23H28N6O3/c1-25-15-23(9-11-28(12-10-23)13-17-5-3-4-6-19(17)32-2)29-14-18(20(24)30)21(27-29)26-22(31)16-7-8-16/h3-6,14,16H,7-13,15H2,2H3,(H2,24,30)(H,26,27,31). The molecular weight excluding hydrogens is 408 g/mol. The first-order chi connectivity index (χ1) is 15.5. The molecule has 1 aromatic carbocycles. The predicted octanol–water partition coefficient (Wildman–Crippen LogP) is 2.25. The summed E-state index contributed by atoms with van der Waals surface area (Å²) in [6.45, 7) is 10.0. The fourth-order valence-corrected chi connectivity index (χ4v) is 4.26. The van der Waals surface area contributed by atoms with Gasteiger partial charge in [0.15, 0.2) is 5.82 Å². The summed E-state index contributed by atoms with van der Waals surface area (Å²) in [5, 5.41) is 7.29. The van der Waals surface area contributed by atoms with Gasteiger partial charge in [-0.2, -0.15) is 5.10 Å². The Morgan fingerprint density at radius 1 is 1.31 bits per heavy atom. The van der Waals surface area contributed by atoms with E-state index in [9.17, 15) is 9.59 Å². The van der Waals surface area contributed by atoms with Crippen LogP contribution >= 0.6 is 0 Å². The molecule has 168 valence electrons. The van der Waals surface area contributed by atoms with Gasteiger partial charge in [-0.15, -0.1) is 0 Å². The number of aromatic nitrogens is 2. The number of carbonyl (C=O) groups is 2. The first-order valence-corrected chi connectivity index (χ1v) is 10.8. The molecule has 9 nitrogen and oxygen atoms in total. The first-order valence-electron chi connectivity index (χ1n) is 10.8. The average Bonchev–Trinajstić information content (AvgIpc) is 3.56. The van der Waals surface area contributed by atoms with Crippen LogP contribution < -0.4 is 15.8 Å². The maximum absolute atomic E-state index is 12.2. The minimum Gasteiger partial charge on any atom is -0.496 e. The number of nitrogens with one attached hydrogen (secondary N) is 1. The molecule has 2 amide bonds. The fraction of sp³-hybridized carbons (Fsp3) is 0.478. The van der Waals surface area contributed by atoms with Crippen molar-refractivity contribution < 1.29 is 14.3 Å². The number of methoxy groups -OCH3 is 1. The number of likely N-dealkylation sites (tertiary alicyclic amines) is 1. The molecule has 2 heterocycles. The molecule has 1 aliphatic heterocycles. The molecule has 0 unspecified atom stereocenters. The van der Waals surface area contributed by atoms with Crippen LogP contribution in [0.15, 0.2) is 30.5 Å². The van der Waals surface area contributed by atoms with E-state index in [1.54, 1.807) is 18.0 Å². The third-order valence-corrected chi connectivity index (χ3v) is 6.40. The van der Waals surface area contributed by atoms with E-state index in [2.05, 4.69) is 26.2 Å². The van der Waals surface area contributed by atoms with Crippen molar-refractivity contribution in [3.63, 3.8) is 0 Å². The van der Waals surface area contributed by atoms with E-state index in [0.717, 1.165) is 43.8 Å². The molecule has 2 aliphatic rings. The van der Waals surface area contributed by atoms with E-state index in [4.69, 9.17) is 17.0 Å². The van der Waals surface area contributed by atoms with E-state index in [0.29, 0.717) is 12.8 Å². The molecule has 1 saturated carbocycles. The van der Waals surface area contributed by atoms with Crippen molar-refractivity contribution in [1.29, 1.82) is 0 Å². The van der Waals surface area contributed by atoms with Crippen molar-refractivity contribution >= 4 is 17.6 Å². The summed E-state index contributed by atoms with van der Waals surface area (Å²) in [5.74, 6) is 0.253. The molecular formula is C23H28N6O3. The molecule has 0 bridgehead atoms. The second-order valence-corrected chi connectivity index (χ2v) is 8.59. The zero-order chi connectivity index (χ0) is 22.7.